The minimum Gasteiger partial charge on any atom is -0.372 e. The zero-order valence-corrected chi connectivity index (χ0v) is 14.8. The first kappa shape index (κ1) is 15.6. The van der Waals surface area contributed by atoms with E-state index < -0.39 is 0 Å². The van der Waals surface area contributed by atoms with Gasteiger partial charge in [-0.1, -0.05) is 18.2 Å². The molecule has 0 spiro atoms. The fourth-order valence-corrected chi connectivity index (χ4v) is 3.20. The van der Waals surface area contributed by atoms with Crippen LogP contribution in [0, 0.1) is 6.92 Å². The molecule has 5 heteroatoms. The molecular formula is C20H21N5. The number of rotatable bonds is 4. The summed E-state index contributed by atoms with van der Waals surface area (Å²) in [7, 11) is 0. The van der Waals surface area contributed by atoms with E-state index in [4.69, 9.17) is 9.97 Å². The molecule has 0 aliphatic rings. The molecule has 25 heavy (non-hydrogen) atoms. The van der Waals surface area contributed by atoms with Crippen LogP contribution in [0.4, 0.5) is 5.69 Å². The quantitative estimate of drug-likeness (QED) is 0.564. The lowest BCUT2D eigenvalue weighted by atomic mass is 10.2. The largest absolute Gasteiger partial charge is 0.372 e. The predicted octanol–water partition coefficient (Wildman–Crippen LogP) is 4.12. The summed E-state index contributed by atoms with van der Waals surface area (Å²) >= 11 is 0. The first-order chi connectivity index (χ1) is 12.2. The standard InChI is InChI=1S/C20H21N5/c1-4-24(5-2)16-11-12-17-18(13-16)22-20-19(21-17)14(3)23-25(20)15-9-7-6-8-10-15/h6-13H,4-5H2,1-3H3. The van der Waals surface area contributed by atoms with Crippen LogP contribution in [0.1, 0.15) is 19.5 Å². The lowest BCUT2D eigenvalue weighted by molar-refractivity contribution is 0.866. The minimum absolute atomic E-state index is 0.799. The van der Waals surface area contributed by atoms with Crippen LogP contribution >= 0.6 is 0 Å². The normalized spacial score (nSPS) is 11.3. The molecule has 4 aromatic rings. The van der Waals surface area contributed by atoms with E-state index in [1.807, 2.05) is 41.9 Å². The van der Waals surface area contributed by atoms with E-state index in [0.717, 1.165) is 46.7 Å². The molecule has 2 aromatic carbocycles. The second-order valence-electron chi connectivity index (χ2n) is 6.07. The Balaban J connectivity index is 1.95. The predicted molar refractivity (Wildman–Crippen MR) is 102 cm³/mol. The summed E-state index contributed by atoms with van der Waals surface area (Å²) in [5.41, 5.74) is 6.51. The fourth-order valence-electron chi connectivity index (χ4n) is 3.20. The lowest BCUT2D eigenvalue weighted by Gasteiger charge is -2.21. The van der Waals surface area contributed by atoms with Crippen LogP contribution in [0.3, 0.4) is 0 Å². The number of hydrogen-bond donors (Lipinski definition) is 0. The van der Waals surface area contributed by atoms with Gasteiger partial charge in [0.2, 0.25) is 0 Å². The Morgan fingerprint density at radius 1 is 0.920 bits per heavy atom. The highest BCUT2D eigenvalue weighted by atomic mass is 15.3. The monoisotopic (exact) mass is 331 g/mol. The zero-order chi connectivity index (χ0) is 17.4. The first-order valence-electron chi connectivity index (χ1n) is 8.68. The molecular weight excluding hydrogens is 310 g/mol. The number of para-hydroxylation sites is 1. The summed E-state index contributed by atoms with van der Waals surface area (Å²) in [6, 6.07) is 16.4. The van der Waals surface area contributed by atoms with Gasteiger partial charge in [-0.3, -0.25) is 0 Å². The summed E-state index contributed by atoms with van der Waals surface area (Å²) in [6.07, 6.45) is 0. The van der Waals surface area contributed by atoms with Crippen molar-refractivity contribution in [3.05, 3.63) is 54.2 Å². The van der Waals surface area contributed by atoms with E-state index in [1.165, 1.54) is 5.69 Å². The maximum Gasteiger partial charge on any atom is 0.182 e. The van der Waals surface area contributed by atoms with Gasteiger partial charge in [-0.25, -0.2) is 14.6 Å². The Hall–Kier alpha value is -2.95. The average molecular weight is 331 g/mol. The SMILES string of the molecule is CCN(CC)c1ccc2nc3c(C)nn(-c4ccccc4)c3nc2c1. The third kappa shape index (κ3) is 2.61. The van der Waals surface area contributed by atoms with Gasteiger partial charge in [0, 0.05) is 18.8 Å². The number of aromatic nitrogens is 4. The Kier molecular flexibility index (Phi) is 3.84. The number of aryl methyl sites for hydroxylation is 1. The van der Waals surface area contributed by atoms with Crippen molar-refractivity contribution in [2.75, 3.05) is 18.0 Å². The van der Waals surface area contributed by atoms with Gasteiger partial charge in [-0.15, -0.1) is 0 Å². The molecule has 0 unspecified atom stereocenters. The Labute approximate surface area is 146 Å². The van der Waals surface area contributed by atoms with Gasteiger partial charge in [0.15, 0.2) is 5.65 Å². The van der Waals surface area contributed by atoms with Crippen molar-refractivity contribution < 1.29 is 0 Å². The van der Waals surface area contributed by atoms with Gasteiger partial charge in [-0.2, -0.15) is 5.10 Å². The van der Waals surface area contributed by atoms with E-state index in [-0.39, 0.29) is 0 Å². The highest BCUT2D eigenvalue weighted by molar-refractivity contribution is 5.88. The molecule has 0 saturated carbocycles. The summed E-state index contributed by atoms with van der Waals surface area (Å²) < 4.78 is 1.88. The molecule has 0 radical (unpaired) electrons. The van der Waals surface area contributed by atoms with E-state index in [1.54, 1.807) is 0 Å². The summed E-state index contributed by atoms with van der Waals surface area (Å²) in [4.78, 5) is 12.0. The molecule has 0 aliphatic heterocycles. The number of fused-ring (bicyclic) bond motifs is 2. The van der Waals surface area contributed by atoms with Crippen molar-refractivity contribution >= 4 is 27.9 Å². The second kappa shape index (κ2) is 6.16. The minimum atomic E-state index is 0.799. The molecule has 0 amide bonds. The lowest BCUT2D eigenvalue weighted by Crippen LogP contribution is -2.21. The fraction of sp³-hybridized carbons (Fsp3) is 0.250. The maximum absolute atomic E-state index is 4.90. The van der Waals surface area contributed by atoms with Gasteiger partial charge in [0.25, 0.3) is 0 Å². The molecule has 0 N–H and O–H groups in total. The maximum atomic E-state index is 4.90. The van der Waals surface area contributed by atoms with Crippen molar-refractivity contribution in [1.82, 2.24) is 19.7 Å². The molecule has 2 heterocycles. The van der Waals surface area contributed by atoms with Crippen LogP contribution in [0.15, 0.2) is 48.5 Å². The number of hydrogen-bond acceptors (Lipinski definition) is 4. The molecule has 0 fully saturated rings. The summed E-state index contributed by atoms with van der Waals surface area (Å²) in [5, 5.41) is 4.65. The Morgan fingerprint density at radius 3 is 2.40 bits per heavy atom. The van der Waals surface area contributed by atoms with E-state index in [9.17, 15) is 0 Å². The topological polar surface area (TPSA) is 46.8 Å². The van der Waals surface area contributed by atoms with E-state index in [0.29, 0.717) is 0 Å². The molecule has 4 rings (SSSR count). The first-order valence-corrected chi connectivity index (χ1v) is 8.68. The van der Waals surface area contributed by atoms with Crippen molar-refractivity contribution in [1.29, 1.82) is 0 Å². The molecule has 0 atom stereocenters. The van der Waals surface area contributed by atoms with Crippen molar-refractivity contribution in [2.24, 2.45) is 0 Å². The van der Waals surface area contributed by atoms with Gasteiger partial charge in [0.1, 0.15) is 5.52 Å². The van der Waals surface area contributed by atoms with Gasteiger partial charge in [0.05, 0.1) is 22.4 Å². The number of nitrogens with zero attached hydrogens (tertiary/aromatic N) is 5. The molecule has 5 nitrogen and oxygen atoms in total. The second-order valence-corrected chi connectivity index (χ2v) is 6.07. The van der Waals surface area contributed by atoms with Crippen LogP contribution < -0.4 is 4.90 Å². The smallest absolute Gasteiger partial charge is 0.182 e. The van der Waals surface area contributed by atoms with Crippen LogP contribution in [0.2, 0.25) is 0 Å². The molecule has 126 valence electrons. The summed E-state index contributed by atoms with van der Waals surface area (Å²) in [5.74, 6) is 0. The van der Waals surface area contributed by atoms with Gasteiger partial charge < -0.3 is 4.90 Å². The van der Waals surface area contributed by atoms with Crippen LogP contribution in [-0.2, 0) is 0 Å². The number of benzene rings is 2. The highest BCUT2D eigenvalue weighted by Gasteiger charge is 2.14. The average Bonchev–Trinajstić information content (AvgIpc) is 2.97. The van der Waals surface area contributed by atoms with Gasteiger partial charge in [-0.05, 0) is 51.1 Å². The molecule has 2 aromatic heterocycles. The van der Waals surface area contributed by atoms with Crippen LogP contribution in [0.5, 0.6) is 0 Å². The van der Waals surface area contributed by atoms with Crippen LogP contribution in [-0.4, -0.2) is 32.8 Å². The summed E-state index contributed by atoms with van der Waals surface area (Å²) in [6.45, 7) is 8.25. The third-order valence-corrected chi connectivity index (χ3v) is 4.55. The van der Waals surface area contributed by atoms with Crippen molar-refractivity contribution in [3.63, 3.8) is 0 Å². The number of anilines is 1. The van der Waals surface area contributed by atoms with E-state index >= 15 is 0 Å². The highest BCUT2D eigenvalue weighted by Crippen LogP contribution is 2.25. The Morgan fingerprint density at radius 2 is 1.68 bits per heavy atom. The Bertz CT molecular complexity index is 1030. The zero-order valence-electron chi connectivity index (χ0n) is 14.8. The van der Waals surface area contributed by atoms with Crippen LogP contribution in [0.25, 0.3) is 27.9 Å². The third-order valence-electron chi connectivity index (χ3n) is 4.55. The molecule has 0 saturated heterocycles. The molecule has 0 aliphatic carbocycles. The van der Waals surface area contributed by atoms with E-state index in [2.05, 4.69) is 42.0 Å². The molecule has 0 bridgehead atoms. The van der Waals surface area contributed by atoms with Crippen molar-refractivity contribution in [3.8, 4) is 5.69 Å². The van der Waals surface area contributed by atoms with Crippen molar-refractivity contribution in [2.45, 2.75) is 20.8 Å². The van der Waals surface area contributed by atoms with Gasteiger partial charge >= 0.3 is 0 Å².